The van der Waals surface area contributed by atoms with Gasteiger partial charge in [0, 0.05) is 5.56 Å². The van der Waals surface area contributed by atoms with Crippen molar-refractivity contribution < 1.29 is 19.4 Å². The first-order valence-electron chi connectivity index (χ1n) is 10.4. The predicted molar refractivity (Wildman–Crippen MR) is 129 cm³/mol. The molecule has 0 saturated heterocycles. The molecule has 2 aromatic heterocycles. The molecule has 2 heterocycles. The Morgan fingerprint density at radius 3 is 2.32 bits per heavy atom. The summed E-state index contributed by atoms with van der Waals surface area (Å²) in [6.45, 7) is 1.72. The monoisotopic (exact) mass is 471 g/mol. The van der Waals surface area contributed by atoms with Gasteiger partial charge in [0.1, 0.15) is 17.2 Å². The zero-order valence-corrected chi connectivity index (χ0v) is 18.7. The van der Waals surface area contributed by atoms with E-state index in [9.17, 15) is 9.90 Å². The molecular weight excluding hydrogens is 454 g/mol. The minimum absolute atomic E-state index is 0.164. The number of carboxylic acid groups (broad SMARTS) is 1. The Morgan fingerprint density at radius 2 is 1.59 bits per heavy atom. The molecule has 0 bridgehead atoms. The summed E-state index contributed by atoms with van der Waals surface area (Å²) in [6.07, 6.45) is 0. The molecule has 0 amide bonds. The summed E-state index contributed by atoms with van der Waals surface area (Å²) in [4.78, 5) is 23.4. The minimum Gasteiger partial charge on any atom is -0.478 e. The van der Waals surface area contributed by atoms with Crippen LogP contribution in [0, 0.1) is 6.92 Å². The Bertz CT molecular complexity index is 1500. The van der Waals surface area contributed by atoms with Gasteiger partial charge >= 0.3 is 12.0 Å². The molecular formula is C26H18ClN3O4. The number of fused-ring (bicyclic) bond motifs is 1. The van der Waals surface area contributed by atoms with Gasteiger partial charge in [0.25, 0.3) is 0 Å². The van der Waals surface area contributed by atoms with Crippen LogP contribution in [0.4, 0.5) is 0 Å². The third-order valence-electron chi connectivity index (χ3n) is 5.17. The average molecular weight is 472 g/mol. The van der Waals surface area contributed by atoms with E-state index in [0.29, 0.717) is 38.9 Å². The number of aromatic carboxylic acids is 1. The zero-order chi connectivity index (χ0) is 23.7. The van der Waals surface area contributed by atoms with E-state index < -0.39 is 5.97 Å². The lowest BCUT2D eigenvalue weighted by molar-refractivity contribution is 0.0695. The molecule has 0 unspecified atom stereocenters. The van der Waals surface area contributed by atoms with Gasteiger partial charge in [0.2, 0.25) is 0 Å². The van der Waals surface area contributed by atoms with Gasteiger partial charge in [-0.1, -0.05) is 35.9 Å². The topological polar surface area (TPSA) is 97.3 Å². The number of aromatic amines is 1. The highest BCUT2D eigenvalue weighted by Gasteiger charge is 2.14. The van der Waals surface area contributed by atoms with E-state index in [0.717, 1.165) is 11.3 Å². The van der Waals surface area contributed by atoms with Gasteiger partial charge in [-0.05, 0) is 67.1 Å². The Hall–Kier alpha value is -4.36. The number of ether oxygens (including phenoxy) is 2. The van der Waals surface area contributed by atoms with Crippen molar-refractivity contribution in [1.82, 2.24) is 15.0 Å². The number of carbonyl (C=O) groups is 1. The van der Waals surface area contributed by atoms with Crippen LogP contribution in [0.15, 0.2) is 78.9 Å². The van der Waals surface area contributed by atoms with Crippen molar-refractivity contribution in [1.29, 1.82) is 0 Å². The van der Waals surface area contributed by atoms with Crippen LogP contribution < -0.4 is 9.47 Å². The van der Waals surface area contributed by atoms with Crippen LogP contribution in [0.2, 0.25) is 5.02 Å². The molecule has 168 valence electrons. The predicted octanol–water partition coefficient (Wildman–Crippen LogP) is 6.87. The second-order valence-electron chi connectivity index (χ2n) is 7.56. The number of carboxylic acids is 1. The van der Waals surface area contributed by atoms with Gasteiger partial charge < -0.3 is 19.6 Å². The normalized spacial score (nSPS) is 10.9. The number of H-pyrrole nitrogens is 1. The number of rotatable bonds is 6. The summed E-state index contributed by atoms with van der Waals surface area (Å²) < 4.78 is 11.6. The fraction of sp³-hybridized carbons (Fsp3) is 0.0385. The number of hydrogen-bond donors (Lipinski definition) is 2. The van der Waals surface area contributed by atoms with Gasteiger partial charge in [0.05, 0.1) is 21.8 Å². The van der Waals surface area contributed by atoms with Crippen molar-refractivity contribution in [3.63, 3.8) is 0 Å². The largest absolute Gasteiger partial charge is 0.478 e. The first-order chi connectivity index (χ1) is 16.5. The first kappa shape index (κ1) is 21.5. The second kappa shape index (κ2) is 8.88. The summed E-state index contributed by atoms with van der Waals surface area (Å²) in [6, 6.07) is 23.7. The van der Waals surface area contributed by atoms with Crippen molar-refractivity contribution in [2.45, 2.75) is 6.92 Å². The molecule has 0 radical (unpaired) electrons. The highest BCUT2D eigenvalue weighted by atomic mass is 35.5. The zero-order valence-electron chi connectivity index (χ0n) is 17.9. The van der Waals surface area contributed by atoms with E-state index in [2.05, 4.69) is 15.0 Å². The van der Waals surface area contributed by atoms with Crippen molar-refractivity contribution in [2.24, 2.45) is 0 Å². The molecule has 0 aliphatic heterocycles. The number of halogens is 1. The van der Waals surface area contributed by atoms with E-state index >= 15 is 0 Å². The Morgan fingerprint density at radius 1 is 0.882 bits per heavy atom. The molecule has 0 atom stereocenters. The van der Waals surface area contributed by atoms with Crippen molar-refractivity contribution in [3.05, 3.63) is 95.0 Å². The van der Waals surface area contributed by atoms with Gasteiger partial charge in [0.15, 0.2) is 5.65 Å². The van der Waals surface area contributed by atoms with E-state index in [1.165, 1.54) is 6.07 Å². The molecule has 0 fully saturated rings. The highest BCUT2D eigenvalue weighted by molar-refractivity contribution is 6.33. The summed E-state index contributed by atoms with van der Waals surface area (Å²) in [5.41, 5.74) is 3.20. The van der Waals surface area contributed by atoms with Gasteiger partial charge in [-0.25, -0.2) is 9.78 Å². The molecule has 0 aliphatic carbocycles. The summed E-state index contributed by atoms with van der Waals surface area (Å²) in [7, 11) is 0. The second-order valence-corrected chi connectivity index (χ2v) is 7.96. The van der Waals surface area contributed by atoms with Gasteiger partial charge in [-0.3, -0.25) is 0 Å². The Kier molecular flexibility index (Phi) is 5.61. The van der Waals surface area contributed by atoms with Crippen molar-refractivity contribution in [2.75, 3.05) is 0 Å². The minimum atomic E-state index is -1.02. The van der Waals surface area contributed by atoms with E-state index in [-0.39, 0.29) is 11.6 Å². The molecule has 3 aromatic carbocycles. The van der Waals surface area contributed by atoms with Gasteiger partial charge in [-0.2, -0.15) is 4.98 Å². The van der Waals surface area contributed by atoms with Crippen LogP contribution in [-0.4, -0.2) is 26.0 Å². The van der Waals surface area contributed by atoms with Crippen LogP contribution in [-0.2, 0) is 0 Å². The van der Waals surface area contributed by atoms with Gasteiger partial charge in [-0.15, -0.1) is 0 Å². The number of nitrogens with zero attached hydrogens (tertiary/aromatic N) is 2. The quantitative estimate of drug-likeness (QED) is 0.280. The van der Waals surface area contributed by atoms with Crippen molar-refractivity contribution in [3.8, 4) is 34.5 Å². The number of para-hydroxylation sites is 1. The number of imidazole rings is 1. The number of aryl methyl sites for hydroxylation is 1. The number of pyridine rings is 1. The Labute approximate surface area is 199 Å². The molecule has 5 rings (SSSR count). The molecule has 0 spiro atoms. The third-order valence-corrected chi connectivity index (χ3v) is 5.45. The lowest BCUT2D eigenvalue weighted by atomic mass is 10.1. The molecule has 7 nitrogen and oxygen atoms in total. The number of aromatic nitrogens is 3. The van der Waals surface area contributed by atoms with Crippen LogP contribution in [0.25, 0.3) is 22.4 Å². The molecule has 0 aliphatic rings. The lowest BCUT2D eigenvalue weighted by Gasteiger charge is -2.07. The number of nitrogens with one attached hydrogen (secondary N) is 1. The highest BCUT2D eigenvalue weighted by Crippen LogP contribution is 2.32. The molecule has 5 aromatic rings. The maximum Gasteiger partial charge on any atom is 0.336 e. The lowest BCUT2D eigenvalue weighted by Crippen LogP contribution is -2.00. The summed E-state index contributed by atoms with van der Waals surface area (Å²) in [5.74, 6) is 0.774. The third kappa shape index (κ3) is 4.42. The first-order valence-corrected chi connectivity index (χ1v) is 10.8. The number of hydrogen-bond acceptors (Lipinski definition) is 5. The van der Waals surface area contributed by atoms with E-state index in [4.69, 9.17) is 21.1 Å². The van der Waals surface area contributed by atoms with Crippen LogP contribution in [0.5, 0.6) is 23.3 Å². The van der Waals surface area contributed by atoms with E-state index in [1.807, 2.05) is 54.6 Å². The summed E-state index contributed by atoms with van der Waals surface area (Å²) in [5, 5.41) is 9.77. The molecule has 0 saturated carbocycles. The number of benzene rings is 3. The molecule has 2 N–H and O–H groups in total. The SMILES string of the molecule is Cc1ccc(Oc2nc3nc(-c4ccc(Oc5ccccc5)cc4)c(Cl)cc3[nH]2)cc1C(=O)O. The standard InChI is InChI=1S/C26H18ClN3O4/c1-15-7-10-19(13-20(15)25(31)32)34-26-28-22-14-21(27)23(29-24(22)30-26)16-8-11-18(12-9-16)33-17-5-3-2-4-6-17/h2-14H,1H3,(H,31,32)(H,28,29,30). The van der Waals surface area contributed by atoms with Crippen LogP contribution in [0.1, 0.15) is 15.9 Å². The maximum absolute atomic E-state index is 11.4. The smallest absolute Gasteiger partial charge is 0.336 e. The maximum atomic E-state index is 11.4. The van der Waals surface area contributed by atoms with Crippen molar-refractivity contribution >= 4 is 28.7 Å². The Balaban J connectivity index is 1.40. The fourth-order valence-corrected chi connectivity index (χ4v) is 3.72. The fourth-order valence-electron chi connectivity index (χ4n) is 3.46. The van der Waals surface area contributed by atoms with Crippen LogP contribution >= 0.6 is 11.6 Å². The van der Waals surface area contributed by atoms with Crippen LogP contribution in [0.3, 0.4) is 0 Å². The molecule has 34 heavy (non-hydrogen) atoms. The van der Waals surface area contributed by atoms with E-state index in [1.54, 1.807) is 25.1 Å². The molecule has 8 heteroatoms. The average Bonchev–Trinajstić information content (AvgIpc) is 3.22. The summed E-state index contributed by atoms with van der Waals surface area (Å²) >= 11 is 6.50.